The van der Waals surface area contributed by atoms with Crippen molar-refractivity contribution in [2.24, 2.45) is 0 Å². The van der Waals surface area contributed by atoms with Crippen molar-refractivity contribution in [1.29, 1.82) is 0 Å². The summed E-state index contributed by atoms with van der Waals surface area (Å²) in [5, 5.41) is 0. The fourth-order valence-corrected chi connectivity index (χ4v) is 1.07. The molecule has 0 saturated heterocycles. The summed E-state index contributed by atoms with van der Waals surface area (Å²) >= 11 is 4.15. The fourth-order valence-electron chi connectivity index (χ4n) is 0.240. The lowest BCUT2D eigenvalue weighted by Gasteiger charge is -2.04. The molecule has 0 bridgehead atoms. The molecule has 3 heteroatoms. The quantitative estimate of drug-likeness (QED) is 0.465. The van der Waals surface area contributed by atoms with Gasteiger partial charge in [0.1, 0.15) is 0 Å². The number of thiol groups is 1. The van der Waals surface area contributed by atoms with E-state index < -0.39 is 0 Å². The summed E-state index contributed by atoms with van der Waals surface area (Å²) in [6, 6.07) is 0. The number of rotatable bonds is 3. The minimum atomic E-state index is -0.384. The summed E-state index contributed by atoms with van der Waals surface area (Å²) in [5.41, 5.74) is 0. The average Bonchev–Trinajstić information content (AvgIpc) is 1.68. The van der Waals surface area contributed by atoms with Gasteiger partial charge in [0.05, 0.1) is 7.35 Å². The lowest BCUT2D eigenvalue weighted by molar-refractivity contribution is 0.387. The molecule has 0 N–H and O–H groups in total. The van der Waals surface area contributed by atoms with Gasteiger partial charge in [0.15, 0.2) is 0 Å². The highest BCUT2D eigenvalue weighted by molar-refractivity contribution is 8.43. The maximum Gasteiger partial charge on any atom is 0.0853 e. The summed E-state index contributed by atoms with van der Waals surface area (Å²) in [5.74, 6) is 0. The van der Waals surface area contributed by atoms with E-state index in [-0.39, 0.29) is 7.35 Å². The van der Waals surface area contributed by atoms with Crippen LogP contribution in [0.2, 0.25) is 0 Å². The van der Waals surface area contributed by atoms with E-state index in [1.807, 2.05) is 6.92 Å². The molecule has 0 saturated carbocycles. The van der Waals surface area contributed by atoms with Gasteiger partial charge in [-0.1, -0.05) is 6.92 Å². The van der Waals surface area contributed by atoms with E-state index in [0.29, 0.717) is 0 Å². The van der Waals surface area contributed by atoms with Crippen LogP contribution in [0.25, 0.3) is 0 Å². The molecular weight excluding hydrogens is 127 g/mol. The first-order valence-electron chi connectivity index (χ1n) is 2.40. The molecule has 1 unspecified atom stereocenters. The van der Waals surface area contributed by atoms with Crippen molar-refractivity contribution in [1.82, 2.24) is 0 Å². The summed E-state index contributed by atoms with van der Waals surface area (Å²) in [4.78, 5) is 0. The van der Waals surface area contributed by atoms with Crippen LogP contribution >= 0.6 is 19.6 Å². The average molecular weight is 138 g/mol. The topological polar surface area (TPSA) is 9.23 Å². The zero-order chi connectivity index (χ0) is 5.70. The third kappa shape index (κ3) is 4.60. The number of hydrogen-bond donors (Lipinski definition) is 1. The molecule has 0 radical (unpaired) electrons. The van der Waals surface area contributed by atoms with Crippen LogP contribution in [0.15, 0.2) is 0 Å². The van der Waals surface area contributed by atoms with Crippen LogP contribution < -0.4 is 0 Å². The van der Waals surface area contributed by atoms with Crippen LogP contribution in [0.5, 0.6) is 0 Å². The van der Waals surface area contributed by atoms with Crippen LogP contribution in [-0.2, 0) is 4.52 Å². The second-order valence-electron chi connectivity index (χ2n) is 1.09. The van der Waals surface area contributed by atoms with E-state index in [1.165, 1.54) is 0 Å². The van der Waals surface area contributed by atoms with E-state index in [4.69, 9.17) is 4.52 Å². The lowest BCUT2D eigenvalue weighted by Crippen LogP contribution is -1.78. The van der Waals surface area contributed by atoms with Gasteiger partial charge >= 0.3 is 0 Å². The van der Waals surface area contributed by atoms with E-state index in [1.54, 1.807) is 0 Å². The van der Waals surface area contributed by atoms with E-state index in [2.05, 4.69) is 19.2 Å². The summed E-state index contributed by atoms with van der Waals surface area (Å²) in [7, 11) is -0.384. The molecule has 0 heterocycles. The molecule has 0 rings (SSSR count). The van der Waals surface area contributed by atoms with Crippen molar-refractivity contribution in [2.75, 3.05) is 12.8 Å². The third-order valence-corrected chi connectivity index (χ3v) is 2.84. The van der Waals surface area contributed by atoms with E-state index in [9.17, 15) is 0 Å². The molecule has 0 amide bonds. The highest BCUT2D eigenvalue weighted by Crippen LogP contribution is 2.40. The SMILES string of the molecule is CCOP(S)CC. The van der Waals surface area contributed by atoms with Crippen LogP contribution in [0, 0.1) is 0 Å². The molecular formula is C4H11OPS. The first-order valence-corrected chi connectivity index (χ1v) is 5.00. The second-order valence-corrected chi connectivity index (χ2v) is 4.02. The molecule has 0 spiro atoms. The van der Waals surface area contributed by atoms with Gasteiger partial charge in [-0.25, -0.2) is 0 Å². The van der Waals surface area contributed by atoms with Gasteiger partial charge in [-0.15, -0.1) is 12.2 Å². The molecule has 0 aliphatic carbocycles. The van der Waals surface area contributed by atoms with Gasteiger partial charge in [0.2, 0.25) is 0 Å². The van der Waals surface area contributed by atoms with Gasteiger partial charge in [-0.2, -0.15) is 0 Å². The van der Waals surface area contributed by atoms with Crippen molar-refractivity contribution < 1.29 is 4.52 Å². The molecule has 0 aromatic heterocycles. The van der Waals surface area contributed by atoms with Gasteiger partial charge < -0.3 is 4.52 Å². The maximum atomic E-state index is 5.12. The molecule has 0 aliphatic rings. The van der Waals surface area contributed by atoms with E-state index >= 15 is 0 Å². The Bertz CT molecular complexity index is 42.7. The normalized spacial score (nSPS) is 14.1. The summed E-state index contributed by atoms with van der Waals surface area (Å²) in [6.07, 6.45) is 1.05. The van der Waals surface area contributed by atoms with Crippen LogP contribution in [0.3, 0.4) is 0 Å². The Morgan fingerprint density at radius 3 is 2.29 bits per heavy atom. The Hall–Kier alpha value is 0.740. The van der Waals surface area contributed by atoms with Gasteiger partial charge in [-0.05, 0) is 13.1 Å². The monoisotopic (exact) mass is 138 g/mol. The minimum absolute atomic E-state index is 0.384. The van der Waals surface area contributed by atoms with Crippen molar-refractivity contribution >= 4 is 19.6 Å². The smallest absolute Gasteiger partial charge is 0.0853 e. The van der Waals surface area contributed by atoms with Crippen molar-refractivity contribution in [3.63, 3.8) is 0 Å². The molecule has 0 aromatic carbocycles. The predicted octanol–water partition coefficient (Wildman–Crippen LogP) is 2.28. The largest absolute Gasteiger partial charge is 0.349 e. The van der Waals surface area contributed by atoms with Crippen LogP contribution in [0.1, 0.15) is 13.8 Å². The van der Waals surface area contributed by atoms with Gasteiger partial charge in [0.25, 0.3) is 0 Å². The first-order chi connectivity index (χ1) is 3.31. The summed E-state index contributed by atoms with van der Waals surface area (Å²) < 4.78 is 5.12. The second kappa shape index (κ2) is 4.89. The third-order valence-electron chi connectivity index (χ3n) is 0.549. The molecule has 0 aromatic rings. The zero-order valence-corrected chi connectivity index (χ0v) is 6.51. The first kappa shape index (κ1) is 7.74. The molecule has 0 aliphatic heterocycles. The standard InChI is InChI=1S/C4H11OPS/c1-3-5-6(7)4-2/h7H,3-4H2,1-2H3. The Morgan fingerprint density at radius 1 is 1.57 bits per heavy atom. The Labute approximate surface area is 51.4 Å². The van der Waals surface area contributed by atoms with Crippen molar-refractivity contribution in [3.05, 3.63) is 0 Å². The fraction of sp³-hybridized carbons (Fsp3) is 1.00. The highest BCUT2D eigenvalue weighted by atomic mass is 32.7. The lowest BCUT2D eigenvalue weighted by atomic mass is 10.9. The van der Waals surface area contributed by atoms with Gasteiger partial charge in [0, 0.05) is 6.61 Å². The molecule has 44 valence electrons. The maximum absolute atomic E-state index is 5.12. The van der Waals surface area contributed by atoms with Crippen molar-refractivity contribution in [2.45, 2.75) is 13.8 Å². The molecule has 0 fully saturated rings. The number of hydrogen-bond acceptors (Lipinski definition) is 2. The Balaban J connectivity index is 2.83. The highest BCUT2D eigenvalue weighted by Gasteiger charge is 1.93. The summed E-state index contributed by atoms with van der Waals surface area (Å²) in [6.45, 7) is 4.86. The molecule has 1 nitrogen and oxygen atoms in total. The van der Waals surface area contributed by atoms with Crippen molar-refractivity contribution in [3.8, 4) is 0 Å². The molecule has 7 heavy (non-hydrogen) atoms. The predicted molar refractivity (Wildman–Crippen MR) is 38.1 cm³/mol. The minimum Gasteiger partial charge on any atom is -0.349 e. The van der Waals surface area contributed by atoms with E-state index in [0.717, 1.165) is 12.8 Å². The van der Waals surface area contributed by atoms with Crippen LogP contribution in [0.4, 0.5) is 0 Å². The van der Waals surface area contributed by atoms with Crippen LogP contribution in [-0.4, -0.2) is 12.8 Å². The Kier molecular flexibility index (Phi) is 5.41. The Morgan fingerprint density at radius 2 is 2.14 bits per heavy atom. The molecule has 1 atom stereocenters. The zero-order valence-electron chi connectivity index (χ0n) is 4.72. The van der Waals surface area contributed by atoms with Gasteiger partial charge in [-0.3, -0.25) is 0 Å².